The van der Waals surface area contributed by atoms with Crippen LogP contribution in [0.15, 0.2) is 36.9 Å². The zero-order valence-corrected chi connectivity index (χ0v) is 17.1. The summed E-state index contributed by atoms with van der Waals surface area (Å²) in [5.41, 5.74) is 10.0. The predicted molar refractivity (Wildman–Crippen MR) is 116 cm³/mol. The van der Waals surface area contributed by atoms with Gasteiger partial charge >= 0.3 is 0 Å². The molecule has 0 amide bonds. The number of hydrogen-bond donors (Lipinski definition) is 3. The molecule has 4 heterocycles. The molecule has 0 radical (unpaired) electrons. The van der Waals surface area contributed by atoms with Crippen LogP contribution in [0.3, 0.4) is 0 Å². The Bertz CT molecular complexity index is 1220. The summed E-state index contributed by atoms with van der Waals surface area (Å²) in [6.07, 6.45) is 11.0. The molecule has 5 rings (SSSR count). The van der Waals surface area contributed by atoms with Crippen molar-refractivity contribution in [2.24, 2.45) is 0 Å². The van der Waals surface area contributed by atoms with Gasteiger partial charge in [-0.25, -0.2) is 15.0 Å². The van der Waals surface area contributed by atoms with Crippen molar-refractivity contribution in [3.05, 3.63) is 42.6 Å². The van der Waals surface area contributed by atoms with E-state index in [2.05, 4.69) is 44.9 Å². The van der Waals surface area contributed by atoms with Gasteiger partial charge in [-0.05, 0) is 38.8 Å². The van der Waals surface area contributed by atoms with Crippen LogP contribution in [0, 0.1) is 0 Å². The largest absolute Gasteiger partial charge is 0.384 e. The first-order chi connectivity index (χ1) is 14.4. The molecule has 0 spiro atoms. The maximum Gasteiger partial charge on any atom is 0.220 e. The highest BCUT2D eigenvalue weighted by atomic mass is 16.3. The van der Waals surface area contributed by atoms with Crippen LogP contribution in [0.2, 0.25) is 0 Å². The summed E-state index contributed by atoms with van der Waals surface area (Å²) < 4.78 is 1.93. The summed E-state index contributed by atoms with van der Waals surface area (Å²) in [6, 6.07) is 4.23. The monoisotopic (exact) mass is 403 g/mol. The van der Waals surface area contributed by atoms with Crippen LogP contribution >= 0.6 is 0 Å². The zero-order valence-electron chi connectivity index (χ0n) is 17.1. The highest BCUT2D eigenvalue weighted by Crippen LogP contribution is 2.39. The average Bonchev–Trinajstić information content (AvgIpc) is 3.46. The Hall–Kier alpha value is -3.26. The quantitative estimate of drug-likeness (QED) is 0.477. The molecule has 1 fully saturated rings. The lowest BCUT2D eigenvalue weighted by molar-refractivity contribution is 0.0400. The molecule has 4 aromatic heterocycles. The summed E-state index contributed by atoms with van der Waals surface area (Å²) in [4.78, 5) is 16.6. The summed E-state index contributed by atoms with van der Waals surface area (Å²) in [6.45, 7) is 4.19. The molecule has 1 aliphatic carbocycles. The van der Waals surface area contributed by atoms with Gasteiger partial charge in [0.1, 0.15) is 11.2 Å². The molecule has 30 heavy (non-hydrogen) atoms. The molecule has 0 aliphatic heterocycles. The molecule has 8 nitrogen and oxygen atoms in total. The first kappa shape index (κ1) is 18.7. The van der Waals surface area contributed by atoms with Gasteiger partial charge in [0.25, 0.3) is 0 Å². The Kier molecular flexibility index (Phi) is 4.32. The number of aliphatic hydroxyl groups is 1. The van der Waals surface area contributed by atoms with Gasteiger partial charge in [-0.2, -0.15) is 5.10 Å². The van der Waals surface area contributed by atoms with Crippen LogP contribution in [0.4, 0.5) is 5.95 Å². The van der Waals surface area contributed by atoms with Crippen molar-refractivity contribution >= 4 is 17.0 Å². The van der Waals surface area contributed by atoms with E-state index in [1.54, 1.807) is 0 Å². The predicted octanol–water partition coefficient (Wildman–Crippen LogP) is 3.81. The first-order valence-electron chi connectivity index (χ1n) is 10.3. The maximum absolute atomic E-state index is 11.0. The van der Waals surface area contributed by atoms with Crippen LogP contribution in [-0.2, 0) is 5.60 Å². The Balaban J connectivity index is 1.60. The summed E-state index contributed by atoms with van der Waals surface area (Å²) in [5, 5.41) is 16.4. The molecule has 1 saturated carbocycles. The number of aromatic amines is 1. The van der Waals surface area contributed by atoms with E-state index in [-0.39, 0.29) is 5.95 Å². The van der Waals surface area contributed by atoms with Gasteiger partial charge in [0.05, 0.1) is 17.6 Å². The normalized spacial score (nSPS) is 16.0. The van der Waals surface area contributed by atoms with Crippen molar-refractivity contribution in [3.63, 3.8) is 0 Å². The lowest BCUT2D eigenvalue weighted by Crippen LogP contribution is -2.23. The third-order valence-electron chi connectivity index (χ3n) is 5.92. The molecule has 4 aromatic rings. The fraction of sp³-hybridized carbons (Fsp3) is 0.364. The maximum atomic E-state index is 11.0. The van der Waals surface area contributed by atoms with Crippen molar-refractivity contribution < 1.29 is 5.11 Å². The van der Waals surface area contributed by atoms with Crippen molar-refractivity contribution in [1.29, 1.82) is 0 Å². The number of nitrogen functional groups attached to an aromatic ring is 1. The minimum atomic E-state index is -0.924. The minimum Gasteiger partial charge on any atom is -0.384 e. The van der Waals surface area contributed by atoms with Crippen LogP contribution in [0.25, 0.3) is 33.4 Å². The number of pyridine rings is 1. The summed E-state index contributed by atoms with van der Waals surface area (Å²) in [7, 11) is 0. The second-order valence-corrected chi connectivity index (χ2v) is 8.36. The molecular weight excluding hydrogens is 378 g/mol. The number of hydrogen-bond acceptors (Lipinski definition) is 6. The summed E-state index contributed by atoms with van der Waals surface area (Å²) >= 11 is 0. The Morgan fingerprint density at radius 1 is 1.13 bits per heavy atom. The molecule has 0 aromatic carbocycles. The highest BCUT2D eigenvalue weighted by molar-refractivity contribution is 5.95. The van der Waals surface area contributed by atoms with E-state index in [9.17, 15) is 5.11 Å². The molecule has 1 aliphatic rings. The van der Waals surface area contributed by atoms with Gasteiger partial charge in [-0.15, -0.1) is 0 Å². The van der Waals surface area contributed by atoms with Gasteiger partial charge in [-0.1, -0.05) is 12.8 Å². The van der Waals surface area contributed by atoms with E-state index in [1.807, 2.05) is 35.5 Å². The van der Waals surface area contributed by atoms with E-state index < -0.39 is 5.60 Å². The van der Waals surface area contributed by atoms with Crippen molar-refractivity contribution in [2.45, 2.75) is 51.2 Å². The zero-order chi connectivity index (χ0) is 20.9. The first-order valence-corrected chi connectivity index (χ1v) is 10.3. The number of nitrogens with zero attached hydrogens (tertiary/aromatic N) is 5. The second-order valence-electron chi connectivity index (χ2n) is 8.36. The molecule has 0 unspecified atom stereocenters. The number of nitrogens with one attached hydrogen (secondary N) is 1. The smallest absolute Gasteiger partial charge is 0.220 e. The number of rotatable bonds is 4. The summed E-state index contributed by atoms with van der Waals surface area (Å²) in [5.74, 6) is 0.166. The molecule has 4 N–H and O–H groups in total. The van der Waals surface area contributed by atoms with E-state index in [0.29, 0.717) is 30.3 Å². The molecule has 0 atom stereocenters. The van der Waals surface area contributed by atoms with Crippen molar-refractivity contribution in [1.82, 2.24) is 29.7 Å². The van der Waals surface area contributed by atoms with Gasteiger partial charge in [0.15, 0.2) is 0 Å². The van der Waals surface area contributed by atoms with E-state index in [0.717, 1.165) is 40.6 Å². The molecule has 154 valence electrons. The standard InChI is InChI=1S/C22H25N7O/c1-13(2)29-12-15(10-26-29)14-7-16-17(11-25-20(16)24-9-14)18-8-19(28-21(23)27-18)22(30)5-3-4-6-22/h7-13,30H,3-6H2,1-2H3,(H,24,25)(H2,23,27,28). The van der Waals surface area contributed by atoms with Crippen LogP contribution in [0.1, 0.15) is 51.3 Å². The van der Waals surface area contributed by atoms with Crippen LogP contribution in [0.5, 0.6) is 0 Å². The van der Waals surface area contributed by atoms with Gasteiger partial charge in [0.2, 0.25) is 5.95 Å². The minimum absolute atomic E-state index is 0.166. The number of H-pyrrole nitrogens is 1. The van der Waals surface area contributed by atoms with E-state index in [4.69, 9.17) is 5.73 Å². The van der Waals surface area contributed by atoms with Crippen molar-refractivity contribution in [2.75, 3.05) is 5.73 Å². The highest BCUT2D eigenvalue weighted by Gasteiger charge is 2.35. The Morgan fingerprint density at radius 3 is 2.67 bits per heavy atom. The number of anilines is 1. The number of fused-ring (bicyclic) bond motifs is 1. The lowest BCUT2D eigenvalue weighted by atomic mass is 9.96. The van der Waals surface area contributed by atoms with E-state index >= 15 is 0 Å². The lowest BCUT2D eigenvalue weighted by Gasteiger charge is -2.22. The third-order valence-corrected chi connectivity index (χ3v) is 5.92. The fourth-order valence-electron chi connectivity index (χ4n) is 4.20. The molecule has 0 saturated heterocycles. The molecule has 0 bridgehead atoms. The SMILES string of the molecule is CC(C)n1cc(-c2cnc3[nH]cc(-c4cc(C5(O)CCCC5)nc(N)n4)c3c2)cn1. The third kappa shape index (κ3) is 3.13. The van der Waals surface area contributed by atoms with Gasteiger partial charge < -0.3 is 15.8 Å². The van der Waals surface area contributed by atoms with Crippen molar-refractivity contribution in [3.8, 4) is 22.4 Å². The second kappa shape index (κ2) is 6.91. The fourth-order valence-corrected chi connectivity index (χ4v) is 4.20. The van der Waals surface area contributed by atoms with Crippen LogP contribution in [-0.4, -0.2) is 34.8 Å². The Labute approximate surface area is 174 Å². The van der Waals surface area contributed by atoms with Crippen LogP contribution < -0.4 is 5.73 Å². The molecule has 8 heteroatoms. The number of aromatic nitrogens is 6. The van der Waals surface area contributed by atoms with Gasteiger partial charge in [-0.3, -0.25) is 4.68 Å². The van der Waals surface area contributed by atoms with Gasteiger partial charge in [0, 0.05) is 46.7 Å². The molecular formula is C22H25N7O. The number of nitrogens with two attached hydrogens (primary N) is 1. The topological polar surface area (TPSA) is 119 Å². The Morgan fingerprint density at radius 2 is 1.93 bits per heavy atom. The average molecular weight is 403 g/mol. The van der Waals surface area contributed by atoms with E-state index in [1.165, 1.54) is 0 Å².